The summed E-state index contributed by atoms with van der Waals surface area (Å²) in [6.45, 7) is 0.505. The van der Waals surface area contributed by atoms with Crippen LogP contribution < -0.4 is 22.4 Å². The second-order valence-electron chi connectivity index (χ2n) is 5.79. The van der Waals surface area contributed by atoms with Gasteiger partial charge in [-0.2, -0.15) is 0 Å². The molecule has 0 aliphatic rings. The van der Waals surface area contributed by atoms with Crippen LogP contribution in [0, 0.1) is 0 Å². The van der Waals surface area contributed by atoms with E-state index < -0.39 is 17.6 Å². The summed E-state index contributed by atoms with van der Waals surface area (Å²) in [7, 11) is 0. The molecule has 128 valence electrons. The molecule has 0 fully saturated rings. The predicted octanol–water partition coefficient (Wildman–Crippen LogP) is 2.28. The number of anilines is 1. The van der Waals surface area contributed by atoms with E-state index in [0.717, 1.165) is 10.9 Å². The Labute approximate surface area is 144 Å². The van der Waals surface area contributed by atoms with Crippen molar-refractivity contribution in [3.05, 3.63) is 76.1 Å². The highest BCUT2D eigenvalue weighted by Gasteiger charge is 2.21. The van der Waals surface area contributed by atoms with Crippen LogP contribution in [0.5, 0.6) is 0 Å². The van der Waals surface area contributed by atoms with Crippen molar-refractivity contribution in [2.75, 3.05) is 5.32 Å². The van der Waals surface area contributed by atoms with E-state index in [4.69, 9.17) is 15.9 Å². The molecular formula is C19H19N3O3. The third-order valence-electron chi connectivity index (χ3n) is 3.95. The van der Waals surface area contributed by atoms with Crippen molar-refractivity contribution in [2.45, 2.75) is 19.0 Å². The maximum absolute atomic E-state index is 12.4. The van der Waals surface area contributed by atoms with E-state index in [-0.39, 0.29) is 12.0 Å². The van der Waals surface area contributed by atoms with E-state index in [1.165, 1.54) is 0 Å². The molecule has 6 nitrogen and oxygen atoms in total. The Bertz CT molecular complexity index is 951. The summed E-state index contributed by atoms with van der Waals surface area (Å²) in [6, 6.07) is 16.1. The van der Waals surface area contributed by atoms with Gasteiger partial charge in [0.1, 0.15) is 5.58 Å². The topological polar surface area (TPSA) is 111 Å². The van der Waals surface area contributed by atoms with Gasteiger partial charge < -0.3 is 21.2 Å². The van der Waals surface area contributed by atoms with Crippen LogP contribution in [0.1, 0.15) is 23.6 Å². The molecule has 0 saturated heterocycles. The Morgan fingerprint density at radius 2 is 1.76 bits per heavy atom. The van der Waals surface area contributed by atoms with Gasteiger partial charge in [-0.1, -0.05) is 42.5 Å². The Morgan fingerprint density at radius 1 is 1.08 bits per heavy atom. The van der Waals surface area contributed by atoms with E-state index in [9.17, 15) is 9.59 Å². The third-order valence-corrected chi connectivity index (χ3v) is 3.95. The van der Waals surface area contributed by atoms with Gasteiger partial charge >= 0.3 is 5.63 Å². The molecule has 3 rings (SSSR count). The van der Waals surface area contributed by atoms with E-state index in [0.29, 0.717) is 17.8 Å². The van der Waals surface area contributed by atoms with Crippen LogP contribution in [0.2, 0.25) is 0 Å². The van der Waals surface area contributed by atoms with Crippen LogP contribution in [0.3, 0.4) is 0 Å². The van der Waals surface area contributed by atoms with E-state index in [1.807, 2.05) is 42.5 Å². The monoisotopic (exact) mass is 337 g/mol. The molecule has 1 heterocycles. The van der Waals surface area contributed by atoms with Gasteiger partial charge in [0.2, 0.25) is 5.91 Å². The summed E-state index contributed by atoms with van der Waals surface area (Å²) in [5.74, 6) is -0.575. The second kappa shape index (κ2) is 7.19. The molecule has 0 aliphatic carbocycles. The smallest absolute Gasteiger partial charge is 0.343 e. The molecule has 25 heavy (non-hydrogen) atoms. The number of nitrogens with one attached hydrogen (secondary N) is 1. The van der Waals surface area contributed by atoms with E-state index in [1.54, 1.807) is 12.1 Å². The Morgan fingerprint density at radius 3 is 2.48 bits per heavy atom. The highest BCUT2D eigenvalue weighted by Crippen LogP contribution is 2.29. The number of primary amides is 1. The largest absolute Gasteiger partial charge is 0.422 e. The molecule has 5 N–H and O–H groups in total. The zero-order valence-electron chi connectivity index (χ0n) is 13.6. The van der Waals surface area contributed by atoms with Gasteiger partial charge in [0.15, 0.2) is 0 Å². The Kier molecular flexibility index (Phi) is 4.81. The van der Waals surface area contributed by atoms with Crippen molar-refractivity contribution in [3.63, 3.8) is 0 Å². The molecule has 0 spiro atoms. The fourth-order valence-corrected chi connectivity index (χ4v) is 2.80. The highest BCUT2D eigenvalue weighted by molar-refractivity contribution is 5.91. The van der Waals surface area contributed by atoms with Crippen LogP contribution in [0.15, 0.2) is 63.8 Å². The zero-order valence-corrected chi connectivity index (χ0v) is 13.6. The summed E-state index contributed by atoms with van der Waals surface area (Å²) < 4.78 is 5.36. The van der Waals surface area contributed by atoms with E-state index >= 15 is 0 Å². The summed E-state index contributed by atoms with van der Waals surface area (Å²) in [4.78, 5) is 23.7. The number of benzene rings is 2. The van der Waals surface area contributed by atoms with Crippen LogP contribution in [0.25, 0.3) is 11.0 Å². The van der Waals surface area contributed by atoms with Gasteiger partial charge in [0.25, 0.3) is 0 Å². The van der Waals surface area contributed by atoms with Gasteiger partial charge in [-0.05, 0) is 17.7 Å². The SMILES string of the molecule is NC(=O)CC(N)c1c(NCc2ccccc2)c2ccccc2oc1=O. The summed E-state index contributed by atoms with van der Waals surface area (Å²) >= 11 is 0. The first-order chi connectivity index (χ1) is 12.1. The molecule has 1 atom stereocenters. The number of rotatable bonds is 6. The lowest BCUT2D eigenvalue weighted by Crippen LogP contribution is -2.26. The Hall–Kier alpha value is -3.12. The van der Waals surface area contributed by atoms with Gasteiger partial charge in [0, 0.05) is 24.4 Å². The van der Waals surface area contributed by atoms with Crippen LogP contribution in [-0.4, -0.2) is 5.91 Å². The van der Waals surface area contributed by atoms with Gasteiger partial charge in [0.05, 0.1) is 11.3 Å². The molecule has 2 aromatic carbocycles. The quantitative estimate of drug-likeness (QED) is 0.598. The standard InChI is InChI=1S/C19H19N3O3/c20-14(10-16(21)23)17-18(22-11-12-6-2-1-3-7-12)13-8-4-5-9-15(13)25-19(17)24/h1-9,14,22H,10-11,20H2,(H2,21,23). The molecule has 3 aromatic rings. The number of nitrogens with two attached hydrogens (primary N) is 2. The van der Waals surface area contributed by atoms with Crippen molar-refractivity contribution in [3.8, 4) is 0 Å². The van der Waals surface area contributed by atoms with Gasteiger partial charge in [-0.25, -0.2) is 4.79 Å². The fourth-order valence-electron chi connectivity index (χ4n) is 2.80. The molecule has 0 aliphatic heterocycles. The summed E-state index contributed by atoms with van der Waals surface area (Å²) in [5.41, 5.74) is 13.0. The number of carbonyl (C=O) groups excluding carboxylic acids is 1. The van der Waals surface area contributed by atoms with E-state index in [2.05, 4.69) is 5.32 Å². The maximum atomic E-state index is 12.4. The van der Waals surface area contributed by atoms with Crippen molar-refractivity contribution in [1.29, 1.82) is 0 Å². The Balaban J connectivity index is 2.08. The molecule has 0 saturated carbocycles. The lowest BCUT2D eigenvalue weighted by atomic mass is 10.0. The first-order valence-corrected chi connectivity index (χ1v) is 7.93. The molecule has 1 unspecified atom stereocenters. The predicted molar refractivity (Wildman–Crippen MR) is 97.0 cm³/mol. The minimum atomic E-state index is -0.836. The number of para-hydroxylation sites is 1. The zero-order chi connectivity index (χ0) is 17.8. The van der Waals surface area contributed by atoms with Gasteiger partial charge in [-0.15, -0.1) is 0 Å². The average Bonchev–Trinajstić information content (AvgIpc) is 2.59. The minimum absolute atomic E-state index is 0.136. The van der Waals surface area contributed by atoms with Crippen molar-refractivity contribution in [2.24, 2.45) is 11.5 Å². The lowest BCUT2D eigenvalue weighted by molar-refractivity contribution is -0.118. The highest BCUT2D eigenvalue weighted by atomic mass is 16.4. The normalized spacial score (nSPS) is 12.0. The van der Waals surface area contributed by atoms with Crippen molar-refractivity contribution < 1.29 is 9.21 Å². The van der Waals surface area contributed by atoms with Crippen LogP contribution in [0.4, 0.5) is 5.69 Å². The first-order valence-electron chi connectivity index (χ1n) is 7.93. The number of hydrogen-bond acceptors (Lipinski definition) is 5. The fraction of sp³-hybridized carbons (Fsp3) is 0.158. The van der Waals surface area contributed by atoms with Gasteiger partial charge in [-0.3, -0.25) is 4.79 Å². The van der Waals surface area contributed by atoms with Crippen molar-refractivity contribution >= 4 is 22.6 Å². The first kappa shape index (κ1) is 16.7. The maximum Gasteiger partial charge on any atom is 0.343 e. The molecule has 1 amide bonds. The minimum Gasteiger partial charge on any atom is -0.422 e. The molecule has 0 bridgehead atoms. The molecular weight excluding hydrogens is 318 g/mol. The van der Waals surface area contributed by atoms with Crippen molar-refractivity contribution in [1.82, 2.24) is 0 Å². The molecule has 0 radical (unpaired) electrons. The summed E-state index contributed by atoms with van der Waals surface area (Å²) in [6.07, 6.45) is -0.136. The number of fused-ring (bicyclic) bond motifs is 1. The lowest BCUT2D eigenvalue weighted by Gasteiger charge is -2.17. The van der Waals surface area contributed by atoms with Crippen LogP contribution in [-0.2, 0) is 11.3 Å². The second-order valence-corrected chi connectivity index (χ2v) is 5.79. The molecule has 6 heteroatoms. The third kappa shape index (κ3) is 3.70. The molecule has 1 aromatic heterocycles. The average molecular weight is 337 g/mol. The number of carbonyl (C=O) groups is 1. The number of amides is 1. The van der Waals surface area contributed by atoms with Crippen LogP contribution >= 0.6 is 0 Å². The summed E-state index contributed by atoms with van der Waals surface area (Å²) in [5, 5.41) is 4.01. The number of hydrogen-bond donors (Lipinski definition) is 3.